The summed E-state index contributed by atoms with van der Waals surface area (Å²) in [6, 6.07) is 0. The summed E-state index contributed by atoms with van der Waals surface area (Å²) in [5.41, 5.74) is 0. The maximum atomic E-state index is 11.8. The monoisotopic (exact) mass is 219 g/mol. The average Bonchev–Trinajstić information content (AvgIpc) is 3.01. The van der Waals surface area contributed by atoms with Crippen molar-refractivity contribution in [3.63, 3.8) is 0 Å². The molecule has 1 saturated carbocycles. The highest BCUT2D eigenvalue weighted by Gasteiger charge is 2.40. The van der Waals surface area contributed by atoms with Crippen molar-refractivity contribution in [2.45, 2.75) is 30.9 Å². The minimum absolute atomic E-state index is 0.0897. The molecule has 14 heavy (non-hydrogen) atoms. The zero-order chi connectivity index (χ0) is 10.2. The highest BCUT2D eigenvalue weighted by Crippen LogP contribution is 2.32. The van der Waals surface area contributed by atoms with Crippen molar-refractivity contribution in [2.75, 3.05) is 19.7 Å². The van der Waals surface area contributed by atoms with Crippen LogP contribution >= 0.6 is 0 Å². The number of hydrogen-bond acceptors (Lipinski definition) is 3. The lowest BCUT2D eigenvalue weighted by atomic mass is 10.00. The molecule has 2 rings (SSSR count). The highest BCUT2D eigenvalue weighted by atomic mass is 32.2. The SMILES string of the molecule is O=S(=O)(C1CC1)N1CCC(CO)CC1. The zero-order valence-corrected chi connectivity index (χ0v) is 9.04. The highest BCUT2D eigenvalue weighted by molar-refractivity contribution is 7.90. The third-order valence-electron chi connectivity index (χ3n) is 3.14. The fraction of sp³-hybridized carbons (Fsp3) is 1.00. The van der Waals surface area contributed by atoms with E-state index in [0.29, 0.717) is 19.0 Å². The third kappa shape index (κ3) is 1.94. The van der Waals surface area contributed by atoms with Crippen molar-refractivity contribution < 1.29 is 13.5 Å². The Morgan fingerprint density at radius 3 is 2.14 bits per heavy atom. The van der Waals surface area contributed by atoms with Crippen LogP contribution in [0.4, 0.5) is 0 Å². The van der Waals surface area contributed by atoms with E-state index in [2.05, 4.69) is 0 Å². The molecule has 1 heterocycles. The Bertz CT molecular complexity index is 289. The first-order chi connectivity index (χ1) is 6.64. The van der Waals surface area contributed by atoms with E-state index < -0.39 is 10.0 Å². The van der Waals surface area contributed by atoms with Crippen LogP contribution in [0.1, 0.15) is 25.7 Å². The van der Waals surface area contributed by atoms with E-state index in [1.807, 2.05) is 0 Å². The second kappa shape index (κ2) is 3.79. The van der Waals surface area contributed by atoms with Gasteiger partial charge < -0.3 is 5.11 Å². The predicted octanol–water partition coefficient (Wildman–Crippen LogP) is 0.183. The van der Waals surface area contributed by atoms with E-state index in [-0.39, 0.29) is 11.9 Å². The van der Waals surface area contributed by atoms with Crippen LogP contribution in [-0.2, 0) is 10.0 Å². The van der Waals surface area contributed by atoms with Gasteiger partial charge in [0, 0.05) is 19.7 Å². The van der Waals surface area contributed by atoms with Crippen molar-refractivity contribution in [1.82, 2.24) is 4.31 Å². The molecule has 0 spiro atoms. The molecule has 0 aromatic heterocycles. The Kier molecular flexibility index (Phi) is 2.81. The molecule has 0 unspecified atom stereocenters. The Morgan fingerprint density at radius 1 is 1.14 bits per heavy atom. The molecule has 2 aliphatic rings. The summed E-state index contributed by atoms with van der Waals surface area (Å²) in [4.78, 5) is 0. The molecule has 1 aliphatic carbocycles. The lowest BCUT2D eigenvalue weighted by Gasteiger charge is -2.30. The summed E-state index contributed by atoms with van der Waals surface area (Å²) in [7, 11) is -2.97. The number of aliphatic hydroxyl groups excluding tert-OH is 1. The van der Waals surface area contributed by atoms with Crippen LogP contribution in [0.5, 0.6) is 0 Å². The van der Waals surface area contributed by atoms with Crippen molar-refractivity contribution in [3.8, 4) is 0 Å². The Balaban J connectivity index is 1.94. The van der Waals surface area contributed by atoms with Crippen LogP contribution in [0.15, 0.2) is 0 Å². The van der Waals surface area contributed by atoms with E-state index in [9.17, 15) is 8.42 Å². The molecule has 0 radical (unpaired) electrons. The smallest absolute Gasteiger partial charge is 0.216 e. The molecule has 4 nitrogen and oxygen atoms in total. The molecule has 0 aromatic rings. The minimum Gasteiger partial charge on any atom is -0.396 e. The van der Waals surface area contributed by atoms with Crippen molar-refractivity contribution in [3.05, 3.63) is 0 Å². The van der Waals surface area contributed by atoms with Crippen molar-refractivity contribution in [1.29, 1.82) is 0 Å². The van der Waals surface area contributed by atoms with E-state index >= 15 is 0 Å². The summed E-state index contributed by atoms with van der Waals surface area (Å²) < 4.78 is 25.2. The van der Waals surface area contributed by atoms with Gasteiger partial charge in [0.25, 0.3) is 0 Å². The summed E-state index contributed by atoms with van der Waals surface area (Å²) in [6.45, 7) is 1.39. The van der Waals surface area contributed by atoms with Crippen LogP contribution in [-0.4, -0.2) is 42.8 Å². The summed E-state index contributed by atoms with van der Waals surface area (Å²) in [5, 5.41) is 8.84. The maximum Gasteiger partial charge on any atom is 0.216 e. The van der Waals surface area contributed by atoms with Gasteiger partial charge in [-0.3, -0.25) is 0 Å². The molecule has 82 valence electrons. The Hall–Kier alpha value is -0.130. The van der Waals surface area contributed by atoms with Crippen LogP contribution in [0, 0.1) is 5.92 Å². The van der Waals surface area contributed by atoms with Gasteiger partial charge in [-0.1, -0.05) is 0 Å². The molecule has 0 atom stereocenters. The number of hydrogen-bond donors (Lipinski definition) is 1. The van der Waals surface area contributed by atoms with Crippen molar-refractivity contribution >= 4 is 10.0 Å². The molecule has 5 heteroatoms. The zero-order valence-electron chi connectivity index (χ0n) is 8.22. The molecule has 0 amide bonds. The van der Waals surface area contributed by atoms with Crippen molar-refractivity contribution in [2.24, 2.45) is 5.92 Å². The van der Waals surface area contributed by atoms with E-state index in [0.717, 1.165) is 25.7 Å². The topological polar surface area (TPSA) is 57.6 Å². The number of nitrogens with zero attached hydrogens (tertiary/aromatic N) is 1. The molecule has 1 N–H and O–H groups in total. The second-order valence-corrected chi connectivity index (χ2v) is 6.48. The molecular formula is C9H17NO3S. The first-order valence-electron chi connectivity index (χ1n) is 5.24. The summed E-state index contributed by atoms with van der Waals surface area (Å²) in [5.74, 6) is 0.306. The number of rotatable bonds is 3. The lowest BCUT2D eigenvalue weighted by Crippen LogP contribution is -2.40. The van der Waals surface area contributed by atoms with Gasteiger partial charge in [-0.05, 0) is 31.6 Å². The van der Waals surface area contributed by atoms with E-state index in [1.54, 1.807) is 4.31 Å². The quantitative estimate of drug-likeness (QED) is 0.737. The second-order valence-electron chi connectivity index (χ2n) is 4.27. The predicted molar refractivity (Wildman–Crippen MR) is 53.3 cm³/mol. The fourth-order valence-corrected chi connectivity index (χ4v) is 3.80. The average molecular weight is 219 g/mol. The summed E-state index contributed by atoms with van der Waals surface area (Å²) in [6.07, 6.45) is 3.29. The number of aliphatic hydroxyl groups is 1. The number of sulfonamides is 1. The van der Waals surface area contributed by atoms with Gasteiger partial charge in [-0.15, -0.1) is 0 Å². The van der Waals surface area contributed by atoms with Gasteiger partial charge in [-0.25, -0.2) is 12.7 Å². The first kappa shape index (κ1) is 10.4. The molecule has 1 saturated heterocycles. The maximum absolute atomic E-state index is 11.8. The van der Waals surface area contributed by atoms with E-state index in [1.165, 1.54) is 0 Å². The van der Waals surface area contributed by atoms with Crippen LogP contribution in [0.2, 0.25) is 0 Å². The van der Waals surface area contributed by atoms with Gasteiger partial charge in [-0.2, -0.15) is 0 Å². The van der Waals surface area contributed by atoms with Gasteiger partial charge >= 0.3 is 0 Å². The molecule has 0 bridgehead atoms. The standard InChI is InChI=1S/C9H17NO3S/c11-7-8-3-5-10(6-4-8)14(12,13)9-1-2-9/h8-9,11H,1-7H2. The normalized spacial score (nSPS) is 26.6. The van der Waals surface area contributed by atoms with Crippen LogP contribution in [0.25, 0.3) is 0 Å². The minimum atomic E-state index is -2.97. The molecular weight excluding hydrogens is 202 g/mol. The molecule has 1 aliphatic heterocycles. The van der Waals surface area contributed by atoms with Crippen LogP contribution in [0.3, 0.4) is 0 Å². The Labute approximate surface area is 85.0 Å². The lowest BCUT2D eigenvalue weighted by molar-refractivity contribution is 0.170. The fourth-order valence-electron chi connectivity index (χ4n) is 1.92. The Morgan fingerprint density at radius 2 is 1.71 bits per heavy atom. The van der Waals surface area contributed by atoms with Gasteiger partial charge in [0.05, 0.1) is 5.25 Å². The molecule has 0 aromatic carbocycles. The van der Waals surface area contributed by atoms with Crippen LogP contribution < -0.4 is 0 Å². The van der Waals surface area contributed by atoms with Gasteiger partial charge in [0.1, 0.15) is 0 Å². The third-order valence-corrected chi connectivity index (χ3v) is 5.54. The largest absolute Gasteiger partial charge is 0.396 e. The van der Waals surface area contributed by atoms with Gasteiger partial charge in [0.2, 0.25) is 10.0 Å². The summed E-state index contributed by atoms with van der Waals surface area (Å²) >= 11 is 0. The van der Waals surface area contributed by atoms with Gasteiger partial charge in [0.15, 0.2) is 0 Å². The van der Waals surface area contributed by atoms with E-state index in [4.69, 9.17) is 5.11 Å². The first-order valence-corrected chi connectivity index (χ1v) is 6.74. The molecule has 2 fully saturated rings. The number of piperidine rings is 1.